The smallest absolute Gasteiger partial charge is 0.394 e. The van der Waals surface area contributed by atoms with Crippen LogP contribution in [0.1, 0.15) is 5.69 Å². The van der Waals surface area contributed by atoms with Crippen molar-refractivity contribution in [1.82, 2.24) is 9.78 Å². The van der Waals surface area contributed by atoms with Crippen LogP contribution in [-0.2, 0) is 12.7 Å². The maximum atomic E-state index is 12.0. The largest absolute Gasteiger partial charge is 0.435 e. The molecule has 0 spiro atoms. The number of aromatic nitrogens is 2. The third kappa shape index (κ3) is 2.71. The molecular formula is C7H9F3N2O2. The lowest BCUT2D eigenvalue weighted by molar-refractivity contribution is -0.141. The van der Waals surface area contributed by atoms with E-state index in [0.29, 0.717) is 0 Å². The van der Waals surface area contributed by atoms with Crippen LogP contribution in [0, 0.1) is 0 Å². The van der Waals surface area contributed by atoms with Gasteiger partial charge in [-0.15, -0.1) is 0 Å². The van der Waals surface area contributed by atoms with Gasteiger partial charge < -0.3 is 10.2 Å². The molecule has 1 aromatic heterocycles. The molecule has 4 nitrogen and oxygen atoms in total. The predicted molar refractivity (Wildman–Crippen MR) is 40.3 cm³/mol. The lowest BCUT2D eigenvalue weighted by Crippen LogP contribution is -2.20. The Labute approximate surface area is 77.6 Å². The molecule has 0 radical (unpaired) electrons. The van der Waals surface area contributed by atoms with Gasteiger partial charge in [0.25, 0.3) is 0 Å². The average molecular weight is 210 g/mol. The van der Waals surface area contributed by atoms with Crippen LogP contribution in [-0.4, -0.2) is 32.7 Å². The quantitative estimate of drug-likeness (QED) is 0.752. The summed E-state index contributed by atoms with van der Waals surface area (Å²) in [7, 11) is 0. The summed E-state index contributed by atoms with van der Waals surface area (Å²) in [6.07, 6.45) is -4.48. The van der Waals surface area contributed by atoms with Crippen molar-refractivity contribution in [1.29, 1.82) is 0 Å². The molecule has 1 unspecified atom stereocenters. The summed E-state index contributed by atoms with van der Waals surface area (Å²) >= 11 is 0. The first kappa shape index (κ1) is 11.0. The number of hydrogen-bond acceptors (Lipinski definition) is 3. The third-order valence-corrected chi connectivity index (χ3v) is 1.54. The molecule has 1 heterocycles. The highest BCUT2D eigenvalue weighted by molar-refractivity contribution is 5.03. The van der Waals surface area contributed by atoms with E-state index in [-0.39, 0.29) is 6.54 Å². The van der Waals surface area contributed by atoms with Crippen molar-refractivity contribution >= 4 is 0 Å². The van der Waals surface area contributed by atoms with Crippen LogP contribution in [0.3, 0.4) is 0 Å². The zero-order valence-electron chi connectivity index (χ0n) is 7.07. The predicted octanol–water partition coefficient (Wildman–Crippen LogP) is 0.255. The van der Waals surface area contributed by atoms with Gasteiger partial charge in [0.2, 0.25) is 0 Å². The van der Waals surface area contributed by atoms with Crippen LogP contribution in [0.15, 0.2) is 12.3 Å². The maximum Gasteiger partial charge on any atom is 0.435 e. The summed E-state index contributed by atoms with van der Waals surface area (Å²) in [4.78, 5) is 0. The highest BCUT2D eigenvalue weighted by atomic mass is 19.4. The molecule has 2 N–H and O–H groups in total. The minimum Gasteiger partial charge on any atom is -0.394 e. The molecular weight excluding hydrogens is 201 g/mol. The topological polar surface area (TPSA) is 58.3 Å². The Morgan fingerprint density at radius 2 is 2.14 bits per heavy atom. The zero-order chi connectivity index (χ0) is 10.8. The van der Waals surface area contributed by atoms with Crippen LogP contribution in [0.2, 0.25) is 0 Å². The van der Waals surface area contributed by atoms with Crippen molar-refractivity contribution < 1.29 is 23.4 Å². The van der Waals surface area contributed by atoms with Crippen molar-refractivity contribution in [2.45, 2.75) is 18.8 Å². The number of nitrogens with zero attached hydrogens (tertiary/aromatic N) is 2. The summed E-state index contributed by atoms with van der Waals surface area (Å²) in [6.45, 7) is -0.673. The van der Waals surface area contributed by atoms with Gasteiger partial charge >= 0.3 is 6.18 Å². The summed E-state index contributed by atoms with van der Waals surface area (Å²) in [6, 6.07) is 0.810. The monoisotopic (exact) mass is 210 g/mol. The standard InChI is InChI=1S/C7H9F3N2O2/c8-7(9,10)6-1-2-12(11-6)3-5(14)4-13/h1-2,5,13-14H,3-4H2. The van der Waals surface area contributed by atoms with E-state index in [1.165, 1.54) is 0 Å². The Kier molecular flexibility index (Phi) is 3.12. The van der Waals surface area contributed by atoms with Crippen molar-refractivity contribution in [3.05, 3.63) is 18.0 Å². The van der Waals surface area contributed by atoms with Crippen LogP contribution in [0.5, 0.6) is 0 Å². The molecule has 0 fully saturated rings. The number of hydrogen-bond donors (Lipinski definition) is 2. The fourth-order valence-electron chi connectivity index (χ4n) is 0.888. The second-order valence-electron chi connectivity index (χ2n) is 2.76. The molecule has 0 amide bonds. The number of halogens is 3. The van der Waals surface area contributed by atoms with Crippen molar-refractivity contribution in [2.75, 3.05) is 6.61 Å². The van der Waals surface area contributed by atoms with Crippen LogP contribution in [0.4, 0.5) is 13.2 Å². The maximum absolute atomic E-state index is 12.0. The van der Waals surface area contributed by atoms with Crippen LogP contribution >= 0.6 is 0 Å². The van der Waals surface area contributed by atoms with Crippen molar-refractivity contribution in [3.63, 3.8) is 0 Å². The molecule has 0 saturated heterocycles. The average Bonchev–Trinajstić information content (AvgIpc) is 2.51. The Hall–Kier alpha value is -1.08. The first-order valence-electron chi connectivity index (χ1n) is 3.83. The summed E-state index contributed by atoms with van der Waals surface area (Å²) < 4.78 is 37.0. The Bertz CT molecular complexity index is 297. The highest BCUT2D eigenvalue weighted by Gasteiger charge is 2.33. The first-order valence-corrected chi connectivity index (χ1v) is 3.83. The second kappa shape index (κ2) is 3.97. The van der Waals surface area contributed by atoms with Gasteiger partial charge in [0.1, 0.15) is 0 Å². The third-order valence-electron chi connectivity index (χ3n) is 1.54. The van der Waals surface area contributed by atoms with Gasteiger partial charge in [-0.3, -0.25) is 4.68 Å². The fraction of sp³-hybridized carbons (Fsp3) is 0.571. The zero-order valence-corrected chi connectivity index (χ0v) is 7.07. The minimum atomic E-state index is -4.48. The highest BCUT2D eigenvalue weighted by Crippen LogP contribution is 2.27. The van der Waals surface area contributed by atoms with E-state index in [1.807, 2.05) is 0 Å². The van der Waals surface area contributed by atoms with E-state index in [2.05, 4.69) is 5.10 Å². The second-order valence-corrected chi connectivity index (χ2v) is 2.76. The Balaban J connectivity index is 2.69. The van der Waals surface area contributed by atoms with Crippen LogP contribution < -0.4 is 0 Å². The molecule has 0 aliphatic heterocycles. The molecule has 0 aromatic carbocycles. The van der Waals surface area contributed by atoms with Gasteiger partial charge in [-0.1, -0.05) is 0 Å². The van der Waals surface area contributed by atoms with Crippen LogP contribution in [0.25, 0.3) is 0 Å². The summed E-state index contributed by atoms with van der Waals surface area (Å²) in [5, 5.41) is 20.6. The molecule has 80 valence electrons. The SMILES string of the molecule is OCC(O)Cn1ccc(C(F)(F)F)n1. The molecule has 0 aliphatic carbocycles. The minimum absolute atomic E-state index is 0.160. The molecule has 14 heavy (non-hydrogen) atoms. The van der Waals surface area contributed by atoms with E-state index >= 15 is 0 Å². The first-order chi connectivity index (χ1) is 6.43. The number of alkyl halides is 3. The molecule has 1 rings (SSSR count). The van der Waals surface area contributed by atoms with E-state index in [0.717, 1.165) is 16.9 Å². The number of aliphatic hydroxyl groups excluding tert-OH is 2. The molecule has 1 atom stereocenters. The lowest BCUT2D eigenvalue weighted by atomic mass is 10.4. The summed E-state index contributed by atoms with van der Waals surface area (Å²) in [5.74, 6) is 0. The van der Waals surface area contributed by atoms with Gasteiger partial charge in [-0.2, -0.15) is 18.3 Å². The van der Waals surface area contributed by atoms with Gasteiger partial charge in [-0.05, 0) is 6.07 Å². The van der Waals surface area contributed by atoms with Gasteiger partial charge in [0.05, 0.1) is 19.3 Å². The summed E-state index contributed by atoms with van der Waals surface area (Å²) in [5.41, 5.74) is -1.01. The number of rotatable bonds is 3. The lowest BCUT2D eigenvalue weighted by Gasteiger charge is -2.06. The van der Waals surface area contributed by atoms with E-state index in [9.17, 15) is 13.2 Å². The Morgan fingerprint density at radius 1 is 1.50 bits per heavy atom. The van der Waals surface area contributed by atoms with Gasteiger partial charge in [0.15, 0.2) is 5.69 Å². The number of aliphatic hydroxyl groups is 2. The van der Waals surface area contributed by atoms with Gasteiger partial charge in [-0.25, -0.2) is 0 Å². The van der Waals surface area contributed by atoms with E-state index in [1.54, 1.807) is 0 Å². The Morgan fingerprint density at radius 3 is 2.57 bits per heavy atom. The molecule has 7 heteroatoms. The normalized spacial score (nSPS) is 14.4. The molecule has 1 aromatic rings. The molecule has 0 bridgehead atoms. The van der Waals surface area contributed by atoms with Crippen molar-refractivity contribution in [3.8, 4) is 0 Å². The molecule has 0 saturated carbocycles. The molecule has 0 aliphatic rings. The van der Waals surface area contributed by atoms with Crippen molar-refractivity contribution in [2.24, 2.45) is 0 Å². The van der Waals surface area contributed by atoms with Gasteiger partial charge in [0, 0.05) is 6.20 Å². The van der Waals surface area contributed by atoms with E-state index < -0.39 is 24.6 Å². The fourth-order valence-corrected chi connectivity index (χ4v) is 0.888. The van der Waals surface area contributed by atoms with E-state index in [4.69, 9.17) is 10.2 Å².